The summed E-state index contributed by atoms with van der Waals surface area (Å²) in [6, 6.07) is 8.72. The molecular formula is C24H20IN3O5S2. The lowest BCUT2D eigenvalue weighted by Gasteiger charge is -2.23. The van der Waals surface area contributed by atoms with Gasteiger partial charge in [-0.25, -0.2) is 9.79 Å². The van der Waals surface area contributed by atoms with Gasteiger partial charge in [0.2, 0.25) is 0 Å². The summed E-state index contributed by atoms with van der Waals surface area (Å²) < 4.78 is 19.0. The highest BCUT2D eigenvalue weighted by Gasteiger charge is 2.33. The van der Waals surface area contributed by atoms with E-state index in [1.165, 1.54) is 29.8 Å². The Labute approximate surface area is 222 Å². The molecular weight excluding hydrogens is 601 g/mol. The minimum absolute atomic E-state index is 0.102. The largest absolute Gasteiger partial charge is 0.493 e. The molecule has 1 atom stereocenters. The molecule has 0 amide bonds. The van der Waals surface area contributed by atoms with Crippen molar-refractivity contribution in [1.29, 1.82) is 5.26 Å². The molecule has 0 aliphatic carbocycles. The van der Waals surface area contributed by atoms with Gasteiger partial charge in [0.1, 0.15) is 12.1 Å². The van der Waals surface area contributed by atoms with Gasteiger partial charge in [-0.05, 0) is 71.7 Å². The predicted octanol–water partition coefficient (Wildman–Crippen LogP) is 3.38. The Balaban J connectivity index is 1.88. The number of benzene rings is 1. The van der Waals surface area contributed by atoms with Crippen LogP contribution in [0.4, 0.5) is 0 Å². The molecule has 0 spiro atoms. The van der Waals surface area contributed by atoms with Crippen LogP contribution in [0.1, 0.15) is 30.3 Å². The Morgan fingerprint density at radius 3 is 2.86 bits per heavy atom. The molecule has 3 aromatic rings. The van der Waals surface area contributed by atoms with Crippen molar-refractivity contribution in [2.75, 3.05) is 20.3 Å². The Bertz CT molecular complexity index is 1530. The molecule has 0 unspecified atom stereocenters. The summed E-state index contributed by atoms with van der Waals surface area (Å²) >= 11 is 4.83. The molecule has 0 N–H and O–H groups in total. The van der Waals surface area contributed by atoms with Crippen LogP contribution in [0.25, 0.3) is 6.08 Å². The molecule has 3 heterocycles. The third-order valence-electron chi connectivity index (χ3n) is 5.16. The van der Waals surface area contributed by atoms with Crippen molar-refractivity contribution in [2.24, 2.45) is 4.99 Å². The predicted molar refractivity (Wildman–Crippen MR) is 142 cm³/mol. The molecule has 4 rings (SSSR count). The number of ether oxygens (including phenoxy) is 3. The Morgan fingerprint density at radius 2 is 2.20 bits per heavy atom. The highest BCUT2D eigenvalue weighted by atomic mass is 127. The van der Waals surface area contributed by atoms with E-state index < -0.39 is 12.0 Å². The maximum Gasteiger partial charge on any atom is 0.338 e. The molecule has 0 saturated heterocycles. The monoisotopic (exact) mass is 621 g/mol. The number of thiazole rings is 1. The number of halogens is 1. The van der Waals surface area contributed by atoms with Crippen molar-refractivity contribution in [3.8, 4) is 17.6 Å². The molecule has 11 heteroatoms. The second-order valence-corrected chi connectivity index (χ2v) is 10.4. The van der Waals surface area contributed by atoms with Gasteiger partial charge >= 0.3 is 5.97 Å². The summed E-state index contributed by atoms with van der Waals surface area (Å²) in [5, 5.41) is 10.7. The number of allylic oxidation sites excluding steroid dienone is 1. The molecule has 1 aromatic carbocycles. The molecule has 0 saturated carbocycles. The Kier molecular flexibility index (Phi) is 7.73. The zero-order chi connectivity index (χ0) is 25.1. The average Bonchev–Trinajstić information content (AvgIpc) is 3.46. The van der Waals surface area contributed by atoms with Crippen LogP contribution in [-0.2, 0) is 9.53 Å². The number of hydrogen-bond acceptors (Lipinski definition) is 9. The maximum atomic E-state index is 13.6. The topological polar surface area (TPSA) is 103 Å². The standard InChI is InChI=1S/C24H20IN3O5S2/c1-4-32-23(30)19-13(2)27-24-28(20(19)17-6-5-9-34-17)22(29)18(35-24)12-14-10-15(25)21(33-8-7-26)16(11-14)31-3/h5-6,9-12,20H,4,8H2,1-3H3/b18-12-/t20-/m1/s1. The highest BCUT2D eigenvalue weighted by molar-refractivity contribution is 14.1. The van der Waals surface area contributed by atoms with Gasteiger partial charge in [0.05, 0.1) is 33.1 Å². The summed E-state index contributed by atoms with van der Waals surface area (Å²) in [5.74, 6) is 0.456. The van der Waals surface area contributed by atoms with Gasteiger partial charge in [0.15, 0.2) is 22.9 Å². The van der Waals surface area contributed by atoms with Gasteiger partial charge < -0.3 is 14.2 Å². The number of methoxy groups -OCH3 is 1. The van der Waals surface area contributed by atoms with Crippen molar-refractivity contribution < 1.29 is 19.0 Å². The van der Waals surface area contributed by atoms with Crippen molar-refractivity contribution in [1.82, 2.24) is 4.57 Å². The Hall–Kier alpha value is -2.95. The van der Waals surface area contributed by atoms with E-state index in [9.17, 15) is 9.59 Å². The fourth-order valence-corrected chi connectivity index (χ4v) is 6.38. The van der Waals surface area contributed by atoms with Crippen LogP contribution in [0.3, 0.4) is 0 Å². The number of fused-ring (bicyclic) bond motifs is 1. The van der Waals surface area contributed by atoms with Crippen LogP contribution in [0.2, 0.25) is 0 Å². The van der Waals surface area contributed by atoms with Gasteiger partial charge in [-0.3, -0.25) is 9.36 Å². The molecule has 0 fully saturated rings. The molecule has 1 aliphatic rings. The number of hydrogen-bond donors (Lipinski definition) is 0. The third-order valence-corrected chi connectivity index (χ3v) is 7.87. The van der Waals surface area contributed by atoms with E-state index in [1.807, 2.05) is 29.6 Å². The van der Waals surface area contributed by atoms with E-state index in [-0.39, 0.29) is 18.8 Å². The Morgan fingerprint density at radius 1 is 1.40 bits per heavy atom. The number of nitrogens with zero attached hydrogens (tertiary/aromatic N) is 3. The quantitative estimate of drug-likeness (QED) is 0.296. The van der Waals surface area contributed by atoms with Crippen LogP contribution in [-0.4, -0.2) is 30.9 Å². The van der Waals surface area contributed by atoms with Crippen molar-refractivity contribution in [2.45, 2.75) is 19.9 Å². The third kappa shape index (κ3) is 4.91. The van der Waals surface area contributed by atoms with Crippen LogP contribution in [0.15, 0.2) is 50.7 Å². The summed E-state index contributed by atoms with van der Waals surface area (Å²) in [7, 11) is 1.52. The van der Waals surface area contributed by atoms with E-state index in [1.54, 1.807) is 30.6 Å². The first kappa shape index (κ1) is 25.2. The minimum atomic E-state index is -0.608. The fourth-order valence-electron chi connectivity index (χ4n) is 3.73. The first-order chi connectivity index (χ1) is 16.9. The molecule has 180 valence electrons. The van der Waals surface area contributed by atoms with E-state index in [0.717, 1.165) is 14.0 Å². The van der Waals surface area contributed by atoms with Gasteiger partial charge in [0.25, 0.3) is 5.56 Å². The first-order valence-electron chi connectivity index (χ1n) is 10.5. The number of esters is 1. The summed E-state index contributed by atoms with van der Waals surface area (Å²) in [6.45, 7) is 3.63. The van der Waals surface area contributed by atoms with Crippen molar-refractivity contribution in [3.63, 3.8) is 0 Å². The molecule has 35 heavy (non-hydrogen) atoms. The van der Waals surface area contributed by atoms with Crippen LogP contribution < -0.4 is 24.4 Å². The lowest BCUT2D eigenvalue weighted by molar-refractivity contribution is -0.139. The van der Waals surface area contributed by atoms with Crippen LogP contribution in [0.5, 0.6) is 11.5 Å². The zero-order valence-electron chi connectivity index (χ0n) is 19.0. The van der Waals surface area contributed by atoms with Gasteiger partial charge in [0, 0.05) is 4.88 Å². The average molecular weight is 621 g/mol. The zero-order valence-corrected chi connectivity index (χ0v) is 22.8. The lowest BCUT2D eigenvalue weighted by Crippen LogP contribution is -2.39. The number of thiophene rings is 1. The molecule has 0 radical (unpaired) electrons. The first-order valence-corrected chi connectivity index (χ1v) is 13.3. The van der Waals surface area contributed by atoms with Crippen LogP contribution in [0, 0.1) is 14.9 Å². The maximum absolute atomic E-state index is 13.6. The van der Waals surface area contributed by atoms with Crippen molar-refractivity contribution >= 4 is 57.3 Å². The fraction of sp³-hybridized carbons (Fsp3) is 0.250. The second kappa shape index (κ2) is 10.8. The smallest absolute Gasteiger partial charge is 0.338 e. The lowest BCUT2D eigenvalue weighted by atomic mass is 10.0. The summed E-state index contributed by atoms with van der Waals surface area (Å²) in [6.07, 6.45) is 1.76. The van der Waals surface area contributed by atoms with E-state index in [0.29, 0.717) is 32.1 Å². The van der Waals surface area contributed by atoms with Crippen LogP contribution >= 0.6 is 45.3 Å². The number of aromatic nitrogens is 1. The number of carbonyl (C=O) groups excluding carboxylic acids is 1. The summed E-state index contributed by atoms with van der Waals surface area (Å²) in [4.78, 5) is 32.4. The SMILES string of the molecule is CCOC(=O)C1=C(C)N=c2s/c(=C\c3cc(I)c(OCC#N)c(OC)c3)c(=O)n2[C@@H]1c1cccs1. The summed E-state index contributed by atoms with van der Waals surface area (Å²) in [5.41, 5.74) is 1.38. The molecule has 0 bridgehead atoms. The minimum Gasteiger partial charge on any atom is -0.493 e. The van der Waals surface area contributed by atoms with E-state index in [2.05, 4.69) is 27.6 Å². The number of carbonyl (C=O) groups is 1. The van der Waals surface area contributed by atoms with Crippen molar-refractivity contribution in [3.05, 3.63) is 74.6 Å². The molecule has 1 aliphatic heterocycles. The molecule has 8 nitrogen and oxygen atoms in total. The van der Waals surface area contributed by atoms with E-state index >= 15 is 0 Å². The number of rotatable bonds is 7. The molecule has 2 aromatic heterocycles. The highest BCUT2D eigenvalue weighted by Crippen LogP contribution is 2.35. The van der Waals surface area contributed by atoms with Gasteiger partial charge in [-0.15, -0.1) is 11.3 Å². The van der Waals surface area contributed by atoms with E-state index in [4.69, 9.17) is 19.5 Å². The number of nitriles is 1. The second-order valence-electron chi connectivity index (χ2n) is 7.30. The van der Waals surface area contributed by atoms with Gasteiger partial charge in [-0.1, -0.05) is 17.4 Å². The normalized spacial score (nSPS) is 15.3. The van der Waals surface area contributed by atoms with Gasteiger partial charge in [-0.2, -0.15) is 5.26 Å².